The lowest BCUT2D eigenvalue weighted by molar-refractivity contribution is -0.137. The Morgan fingerprint density at radius 1 is 1.22 bits per heavy atom. The maximum absolute atomic E-state index is 12.6. The summed E-state index contributed by atoms with van der Waals surface area (Å²) < 4.78 is 4.64. The van der Waals surface area contributed by atoms with Gasteiger partial charge in [-0.3, -0.25) is 9.59 Å². The number of nitrogens with zero attached hydrogens (tertiary/aromatic N) is 1. The van der Waals surface area contributed by atoms with Gasteiger partial charge in [0, 0.05) is 11.4 Å². The molecule has 2 aromatic rings. The minimum atomic E-state index is -0.356. The standard InChI is InChI=1S/C17H18N2O3S/c1-11-9-12(2)18-17(23-10-14(20)22-3)15(11)16(21)19-13-7-5-4-6-8-13/h4-9H,10H2,1-3H3,(H,19,21). The van der Waals surface area contributed by atoms with Gasteiger partial charge in [0.05, 0.1) is 18.4 Å². The molecule has 0 saturated heterocycles. The van der Waals surface area contributed by atoms with E-state index in [1.165, 1.54) is 18.9 Å². The van der Waals surface area contributed by atoms with Crippen LogP contribution in [0.1, 0.15) is 21.6 Å². The summed E-state index contributed by atoms with van der Waals surface area (Å²) in [5, 5.41) is 3.38. The van der Waals surface area contributed by atoms with Crippen molar-refractivity contribution in [3.05, 3.63) is 53.2 Å². The molecule has 0 aliphatic carbocycles. The molecule has 23 heavy (non-hydrogen) atoms. The van der Waals surface area contributed by atoms with Crippen molar-refractivity contribution in [2.45, 2.75) is 18.9 Å². The van der Waals surface area contributed by atoms with E-state index in [1.807, 2.05) is 50.2 Å². The fraction of sp³-hybridized carbons (Fsp3) is 0.235. The van der Waals surface area contributed by atoms with Gasteiger partial charge < -0.3 is 10.1 Å². The number of aromatic nitrogens is 1. The summed E-state index contributed by atoms with van der Waals surface area (Å²) in [7, 11) is 1.33. The Labute approximate surface area is 139 Å². The number of pyridine rings is 1. The van der Waals surface area contributed by atoms with Gasteiger partial charge in [-0.1, -0.05) is 30.0 Å². The lowest BCUT2D eigenvalue weighted by Gasteiger charge is -2.12. The first kappa shape index (κ1) is 17.0. The first-order valence-electron chi connectivity index (χ1n) is 7.05. The van der Waals surface area contributed by atoms with Crippen LogP contribution in [0, 0.1) is 13.8 Å². The number of aryl methyl sites for hydroxylation is 2. The minimum Gasteiger partial charge on any atom is -0.468 e. The molecule has 0 unspecified atom stereocenters. The number of anilines is 1. The number of esters is 1. The molecule has 1 N–H and O–H groups in total. The van der Waals surface area contributed by atoms with Crippen LogP contribution in [-0.2, 0) is 9.53 Å². The first-order chi connectivity index (χ1) is 11.0. The van der Waals surface area contributed by atoms with Crippen LogP contribution in [-0.4, -0.2) is 29.7 Å². The van der Waals surface area contributed by atoms with Crippen molar-refractivity contribution in [1.82, 2.24) is 4.98 Å². The van der Waals surface area contributed by atoms with E-state index in [-0.39, 0.29) is 17.6 Å². The highest BCUT2D eigenvalue weighted by Crippen LogP contribution is 2.25. The number of carbonyl (C=O) groups excluding carboxylic acids is 2. The van der Waals surface area contributed by atoms with Crippen molar-refractivity contribution >= 4 is 29.3 Å². The number of carbonyl (C=O) groups is 2. The normalized spacial score (nSPS) is 10.2. The lowest BCUT2D eigenvalue weighted by Crippen LogP contribution is -2.16. The molecule has 0 saturated carbocycles. The van der Waals surface area contributed by atoms with Crippen LogP contribution < -0.4 is 5.32 Å². The van der Waals surface area contributed by atoms with Crippen molar-refractivity contribution in [3.63, 3.8) is 0 Å². The SMILES string of the molecule is COC(=O)CSc1nc(C)cc(C)c1C(=O)Nc1ccccc1. The van der Waals surface area contributed by atoms with Gasteiger partial charge in [-0.25, -0.2) is 4.98 Å². The zero-order valence-corrected chi connectivity index (χ0v) is 14.1. The van der Waals surface area contributed by atoms with Crippen molar-refractivity contribution in [3.8, 4) is 0 Å². The molecule has 1 amide bonds. The largest absolute Gasteiger partial charge is 0.468 e. The molecular weight excluding hydrogens is 312 g/mol. The van der Waals surface area contributed by atoms with E-state index in [0.29, 0.717) is 16.3 Å². The van der Waals surface area contributed by atoms with Gasteiger partial charge >= 0.3 is 5.97 Å². The average Bonchev–Trinajstić information content (AvgIpc) is 2.52. The summed E-state index contributed by atoms with van der Waals surface area (Å²) in [5.41, 5.74) is 2.80. The number of rotatable bonds is 5. The predicted molar refractivity (Wildman–Crippen MR) is 90.8 cm³/mol. The molecule has 6 heteroatoms. The molecule has 1 heterocycles. The van der Waals surface area contributed by atoms with E-state index < -0.39 is 0 Å². The van der Waals surface area contributed by atoms with Gasteiger partial charge in [0.1, 0.15) is 5.03 Å². The Hall–Kier alpha value is -2.34. The quantitative estimate of drug-likeness (QED) is 0.673. The summed E-state index contributed by atoms with van der Waals surface area (Å²) in [6, 6.07) is 11.1. The predicted octanol–water partition coefficient (Wildman–Crippen LogP) is 3.22. The van der Waals surface area contributed by atoms with Gasteiger partial charge in [-0.05, 0) is 37.6 Å². The molecule has 120 valence electrons. The molecule has 0 radical (unpaired) electrons. The van der Waals surface area contributed by atoms with E-state index in [0.717, 1.165) is 11.3 Å². The molecule has 0 fully saturated rings. The molecule has 0 atom stereocenters. The van der Waals surface area contributed by atoms with Crippen LogP contribution >= 0.6 is 11.8 Å². The minimum absolute atomic E-state index is 0.109. The van der Waals surface area contributed by atoms with Crippen molar-refractivity contribution < 1.29 is 14.3 Å². The number of benzene rings is 1. The molecule has 1 aromatic carbocycles. The van der Waals surface area contributed by atoms with Crippen molar-refractivity contribution in [2.24, 2.45) is 0 Å². The number of para-hydroxylation sites is 1. The third-order valence-corrected chi connectivity index (χ3v) is 4.07. The van der Waals surface area contributed by atoms with E-state index >= 15 is 0 Å². The van der Waals surface area contributed by atoms with Gasteiger partial charge in [0.15, 0.2) is 0 Å². The van der Waals surface area contributed by atoms with Crippen molar-refractivity contribution in [2.75, 3.05) is 18.2 Å². The molecule has 2 rings (SSSR count). The third kappa shape index (κ3) is 4.56. The average molecular weight is 330 g/mol. The highest BCUT2D eigenvalue weighted by molar-refractivity contribution is 8.00. The molecule has 0 aliphatic heterocycles. The van der Waals surface area contributed by atoms with Crippen molar-refractivity contribution in [1.29, 1.82) is 0 Å². The monoisotopic (exact) mass is 330 g/mol. The van der Waals surface area contributed by atoms with Crippen LogP contribution in [0.4, 0.5) is 5.69 Å². The smallest absolute Gasteiger partial charge is 0.316 e. The lowest BCUT2D eigenvalue weighted by atomic mass is 10.1. The Balaban J connectivity index is 2.28. The number of ether oxygens (including phenoxy) is 1. The first-order valence-corrected chi connectivity index (χ1v) is 8.04. The van der Waals surface area contributed by atoms with E-state index in [4.69, 9.17) is 0 Å². The van der Waals surface area contributed by atoms with E-state index in [1.54, 1.807) is 0 Å². The third-order valence-electron chi connectivity index (χ3n) is 3.12. The molecule has 0 aliphatic rings. The topological polar surface area (TPSA) is 68.3 Å². The Bertz CT molecular complexity index is 717. The summed E-state index contributed by atoms with van der Waals surface area (Å²) in [6.07, 6.45) is 0. The van der Waals surface area contributed by atoms with Crippen LogP contribution in [0.15, 0.2) is 41.4 Å². The molecular formula is C17H18N2O3S. The molecule has 5 nitrogen and oxygen atoms in total. The van der Waals surface area contributed by atoms with Crippen LogP contribution in [0.3, 0.4) is 0 Å². The van der Waals surface area contributed by atoms with Gasteiger partial charge in [-0.2, -0.15) is 0 Å². The van der Waals surface area contributed by atoms with Crippen LogP contribution in [0.5, 0.6) is 0 Å². The Kier molecular flexibility index (Phi) is 5.76. The highest BCUT2D eigenvalue weighted by Gasteiger charge is 2.18. The molecule has 0 spiro atoms. The summed E-state index contributed by atoms with van der Waals surface area (Å²) in [6.45, 7) is 3.71. The number of thioether (sulfide) groups is 1. The Morgan fingerprint density at radius 3 is 2.57 bits per heavy atom. The number of methoxy groups -OCH3 is 1. The number of hydrogen-bond acceptors (Lipinski definition) is 5. The number of amides is 1. The number of hydrogen-bond donors (Lipinski definition) is 1. The zero-order chi connectivity index (χ0) is 16.8. The second-order valence-corrected chi connectivity index (χ2v) is 5.91. The van der Waals surface area contributed by atoms with Gasteiger partial charge in [0.2, 0.25) is 0 Å². The summed E-state index contributed by atoms with van der Waals surface area (Å²) in [5.74, 6) is -0.489. The number of nitrogens with one attached hydrogen (secondary N) is 1. The van der Waals surface area contributed by atoms with E-state index in [2.05, 4.69) is 15.0 Å². The fourth-order valence-electron chi connectivity index (χ4n) is 2.08. The van der Waals surface area contributed by atoms with Crippen LogP contribution in [0.25, 0.3) is 0 Å². The second kappa shape index (κ2) is 7.78. The van der Waals surface area contributed by atoms with Crippen LogP contribution in [0.2, 0.25) is 0 Å². The van der Waals surface area contributed by atoms with Gasteiger partial charge in [0.25, 0.3) is 5.91 Å². The summed E-state index contributed by atoms with van der Waals surface area (Å²) in [4.78, 5) is 28.4. The summed E-state index contributed by atoms with van der Waals surface area (Å²) >= 11 is 1.20. The molecule has 1 aromatic heterocycles. The van der Waals surface area contributed by atoms with E-state index in [9.17, 15) is 9.59 Å². The second-order valence-electron chi connectivity index (χ2n) is 4.95. The highest BCUT2D eigenvalue weighted by atomic mass is 32.2. The van der Waals surface area contributed by atoms with Gasteiger partial charge in [-0.15, -0.1) is 0 Å². The maximum atomic E-state index is 12.6. The maximum Gasteiger partial charge on any atom is 0.316 e. The fourth-order valence-corrected chi connectivity index (χ4v) is 3.06. The Morgan fingerprint density at radius 2 is 1.91 bits per heavy atom. The zero-order valence-electron chi connectivity index (χ0n) is 13.3. The molecule has 0 bridgehead atoms.